The third kappa shape index (κ3) is 6.09. The van der Waals surface area contributed by atoms with Crippen molar-refractivity contribution in [1.82, 2.24) is 10.6 Å². The van der Waals surface area contributed by atoms with E-state index in [1.165, 1.54) is 42.4 Å². The highest BCUT2D eigenvalue weighted by atomic mass is 32.1. The predicted molar refractivity (Wildman–Crippen MR) is 230 cm³/mol. The van der Waals surface area contributed by atoms with E-state index in [4.69, 9.17) is 35.9 Å². The zero-order valence-corrected chi connectivity index (χ0v) is 35.1. The van der Waals surface area contributed by atoms with Crippen LogP contribution in [0.4, 0.5) is 8.78 Å². The van der Waals surface area contributed by atoms with Crippen molar-refractivity contribution in [2.24, 2.45) is 51.4 Å². The Morgan fingerprint density at radius 1 is 0.589 bits per heavy atom. The zero-order valence-electron chi connectivity index (χ0n) is 33.5. The molecule has 4 nitrogen and oxygen atoms in total. The van der Waals surface area contributed by atoms with E-state index in [0.29, 0.717) is 55.6 Å². The van der Waals surface area contributed by atoms with Crippen LogP contribution in [-0.4, -0.2) is 40.1 Å². The van der Waals surface area contributed by atoms with E-state index >= 15 is 8.78 Å². The number of hydrogen-bond acceptors (Lipinski definition) is 4. The molecular formula is C48H64F2N4S2. The number of nitrogens with two attached hydrogens (primary N) is 2. The van der Waals surface area contributed by atoms with E-state index in [9.17, 15) is 0 Å². The van der Waals surface area contributed by atoms with E-state index in [2.05, 4.69) is 72.2 Å². The lowest BCUT2D eigenvalue weighted by molar-refractivity contribution is -0.220. The highest BCUT2D eigenvalue weighted by Crippen LogP contribution is 2.73. The minimum Gasteiger partial charge on any atom is -0.376 e. The van der Waals surface area contributed by atoms with Crippen LogP contribution < -0.4 is 22.1 Å². The highest BCUT2D eigenvalue weighted by Gasteiger charge is 2.70. The van der Waals surface area contributed by atoms with Crippen LogP contribution in [0.15, 0.2) is 54.6 Å². The number of rotatable bonds is 8. The first-order valence-electron chi connectivity index (χ1n) is 22.4. The van der Waals surface area contributed by atoms with Crippen LogP contribution in [0.25, 0.3) is 0 Å². The Hall–Kier alpha value is -2.00. The first kappa shape index (κ1) is 38.2. The van der Waals surface area contributed by atoms with Crippen molar-refractivity contribution < 1.29 is 8.78 Å². The zero-order chi connectivity index (χ0) is 38.7. The molecule has 0 aliphatic heterocycles. The molecule has 56 heavy (non-hydrogen) atoms. The normalized spacial score (nSPS) is 45.7. The molecule has 8 heteroatoms. The second-order valence-electron chi connectivity index (χ2n) is 21.5. The number of nitrogens with one attached hydrogen (secondary N) is 2. The Labute approximate surface area is 344 Å². The molecule has 10 aliphatic carbocycles. The SMILES string of the molecule is CC1(Cc2ccc(C34CC5CC(C(=S)N[C@H]6CC[C@H](N)CC6)(CC(C3)C5(F)F)C4)cc2)C2CC3(C(=S)N[C@H]4CC[C@H](N)CC4)CC1CC(c1ccccc1)(C2)C3. The second kappa shape index (κ2) is 13.5. The molecule has 0 spiro atoms. The van der Waals surface area contributed by atoms with Gasteiger partial charge < -0.3 is 22.1 Å². The molecule has 2 aromatic carbocycles. The van der Waals surface area contributed by atoms with Gasteiger partial charge in [0, 0.05) is 46.8 Å². The van der Waals surface area contributed by atoms with Crippen LogP contribution in [0, 0.1) is 39.9 Å². The van der Waals surface area contributed by atoms with E-state index < -0.39 is 17.8 Å². The van der Waals surface area contributed by atoms with E-state index in [0.717, 1.165) is 80.6 Å². The van der Waals surface area contributed by atoms with Crippen LogP contribution in [0.3, 0.4) is 0 Å². The molecule has 4 unspecified atom stereocenters. The molecule has 2 aromatic rings. The highest BCUT2D eigenvalue weighted by molar-refractivity contribution is 7.80. The molecule has 0 amide bonds. The number of halogens is 2. The van der Waals surface area contributed by atoms with Crippen LogP contribution in [0.2, 0.25) is 0 Å². The first-order chi connectivity index (χ1) is 26.7. The summed E-state index contributed by atoms with van der Waals surface area (Å²) in [4.78, 5) is 2.00. The molecule has 8 bridgehead atoms. The summed E-state index contributed by atoms with van der Waals surface area (Å²) in [7, 11) is 0. The maximum absolute atomic E-state index is 15.9. The fraction of sp³-hybridized carbons (Fsp3) is 0.708. The molecule has 302 valence electrons. The summed E-state index contributed by atoms with van der Waals surface area (Å²) in [5.41, 5.74) is 16.5. The van der Waals surface area contributed by atoms with Crippen LogP contribution >= 0.6 is 24.4 Å². The number of thiocarbonyl (C=S) groups is 2. The minimum absolute atomic E-state index is 0.0513. The van der Waals surface area contributed by atoms with Crippen molar-refractivity contribution in [2.45, 2.75) is 170 Å². The molecule has 10 saturated carbocycles. The van der Waals surface area contributed by atoms with Gasteiger partial charge in [-0.05, 0) is 167 Å². The topological polar surface area (TPSA) is 76.1 Å². The summed E-state index contributed by atoms with van der Waals surface area (Å²) in [5.74, 6) is -2.64. The number of alkyl halides is 2. The summed E-state index contributed by atoms with van der Waals surface area (Å²) in [6.07, 6.45) is 18.6. The molecule has 0 saturated heterocycles. The van der Waals surface area contributed by atoms with Gasteiger partial charge in [-0.15, -0.1) is 0 Å². The second-order valence-corrected chi connectivity index (χ2v) is 22.3. The van der Waals surface area contributed by atoms with Crippen molar-refractivity contribution in [1.29, 1.82) is 0 Å². The van der Waals surface area contributed by atoms with E-state index in [-0.39, 0.29) is 33.1 Å². The third-order valence-electron chi connectivity index (χ3n) is 18.1. The maximum Gasteiger partial charge on any atom is 0.253 e. The average molecular weight is 799 g/mol. The number of benzene rings is 2. The lowest BCUT2D eigenvalue weighted by Gasteiger charge is -2.69. The van der Waals surface area contributed by atoms with Crippen LogP contribution in [0.5, 0.6) is 0 Å². The van der Waals surface area contributed by atoms with Gasteiger partial charge in [-0.1, -0.05) is 86.0 Å². The van der Waals surface area contributed by atoms with Gasteiger partial charge in [-0.3, -0.25) is 0 Å². The van der Waals surface area contributed by atoms with Gasteiger partial charge in [0.15, 0.2) is 0 Å². The molecule has 0 aromatic heterocycles. The Bertz CT molecular complexity index is 1800. The molecule has 0 radical (unpaired) electrons. The first-order valence-corrected chi connectivity index (χ1v) is 23.2. The lowest BCUT2D eigenvalue weighted by Crippen LogP contribution is -2.66. The minimum atomic E-state index is -2.61. The van der Waals surface area contributed by atoms with Crippen molar-refractivity contribution >= 4 is 34.4 Å². The lowest BCUT2D eigenvalue weighted by atomic mass is 9.36. The molecule has 6 N–H and O–H groups in total. The molecule has 10 aliphatic rings. The summed E-state index contributed by atoms with van der Waals surface area (Å²) in [6, 6.07) is 22.2. The fourth-order valence-corrected chi connectivity index (χ4v) is 16.1. The number of hydrogen-bond donors (Lipinski definition) is 4. The van der Waals surface area contributed by atoms with Crippen molar-refractivity contribution in [3.63, 3.8) is 0 Å². The third-order valence-corrected chi connectivity index (χ3v) is 19.2. The van der Waals surface area contributed by atoms with Gasteiger partial charge in [0.05, 0.1) is 9.98 Å². The Balaban J connectivity index is 0.896. The Kier molecular flexibility index (Phi) is 9.22. The molecule has 4 atom stereocenters. The van der Waals surface area contributed by atoms with Gasteiger partial charge in [-0.2, -0.15) is 0 Å². The van der Waals surface area contributed by atoms with Crippen molar-refractivity contribution in [3.05, 3.63) is 71.3 Å². The molecular weight excluding hydrogens is 735 g/mol. The van der Waals surface area contributed by atoms with Crippen LogP contribution in [0.1, 0.15) is 139 Å². The molecule has 12 rings (SSSR count). The van der Waals surface area contributed by atoms with Crippen molar-refractivity contribution in [2.75, 3.05) is 0 Å². The average Bonchev–Trinajstić information content (AvgIpc) is 3.18. The van der Waals surface area contributed by atoms with E-state index in [1.807, 2.05) is 0 Å². The molecule has 10 fully saturated rings. The predicted octanol–water partition coefficient (Wildman–Crippen LogP) is 9.84. The summed E-state index contributed by atoms with van der Waals surface area (Å²) in [6.45, 7) is 2.60. The summed E-state index contributed by atoms with van der Waals surface area (Å²) < 4.78 is 31.8. The van der Waals surface area contributed by atoms with Crippen LogP contribution in [-0.2, 0) is 17.3 Å². The largest absolute Gasteiger partial charge is 0.376 e. The summed E-state index contributed by atoms with van der Waals surface area (Å²) >= 11 is 12.7. The summed E-state index contributed by atoms with van der Waals surface area (Å²) in [5, 5.41) is 7.69. The van der Waals surface area contributed by atoms with Gasteiger partial charge >= 0.3 is 0 Å². The van der Waals surface area contributed by atoms with Crippen molar-refractivity contribution in [3.8, 4) is 0 Å². The monoisotopic (exact) mass is 798 g/mol. The van der Waals surface area contributed by atoms with Gasteiger partial charge in [-0.25, -0.2) is 8.78 Å². The molecule has 0 heterocycles. The standard InChI is InChI=1S/C48H64F2N4S2/c1-43(33-20-44(31-5-3-2-4-6-31)21-34(43)23-46(22-33,28-44)41(55)53-39-15-11-37(51)12-16-39)19-30-7-9-32(10-8-30)45-24-35-26-47(29-45,27-36(25-45)48(35,49)50)42(56)54-40-17-13-38(52)14-18-40/h2-10,33-40H,11-29,51-52H2,1H3,(H,53,55)(H,54,56)/t33?,34?,35?,36?,37-,38-,39-,40-,43?,44?,45?,46?,47?. The van der Waals surface area contributed by atoms with Gasteiger partial charge in [0.25, 0.3) is 5.92 Å². The Morgan fingerprint density at radius 3 is 1.46 bits per heavy atom. The smallest absolute Gasteiger partial charge is 0.253 e. The van der Waals surface area contributed by atoms with Gasteiger partial charge in [0.1, 0.15) is 0 Å². The quantitative estimate of drug-likeness (QED) is 0.200. The van der Waals surface area contributed by atoms with E-state index in [1.54, 1.807) is 0 Å². The Morgan fingerprint density at radius 2 is 1.00 bits per heavy atom. The maximum atomic E-state index is 15.9. The fourth-order valence-electron chi connectivity index (χ4n) is 15.3. The van der Waals surface area contributed by atoms with Gasteiger partial charge in [0.2, 0.25) is 0 Å².